The number of nitrogens with two attached hydrogens (primary N) is 4. The molecule has 660 valence electrons. The average Bonchev–Trinajstić information content (AvgIpc) is 1.67. The normalized spacial score (nSPS) is 12.8. The zero-order valence-electron chi connectivity index (χ0n) is 67.2. The largest absolute Gasteiger partial charge is 0.510 e. The number of rotatable bonds is 40. The molecule has 0 saturated heterocycles. The zero-order chi connectivity index (χ0) is 88.7. The maximum atomic E-state index is 13.1. The number of fused-ring (bicyclic) bond motifs is 4. The minimum Gasteiger partial charge on any atom is -0.478 e. The van der Waals surface area contributed by atoms with E-state index in [1.807, 2.05) is 18.4 Å². The van der Waals surface area contributed by atoms with Crippen molar-refractivity contribution in [1.82, 2.24) is 78.1 Å². The summed E-state index contributed by atoms with van der Waals surface area (Å²) in [5.74, 6) is 0.0684. The van der Waals surface area contributed by atoms with E-state index in [9.17, 15) is 51.0 Å². The first kappa shape index (κ1) is 102. The highest BCUT2D eigenvalue weighted by Crippen LogP contribution is 2.50. The van der Waals surface area contributed by atoms with Crippen molar-refractivity contribution in [1.29, 1.82) is 0 Å². The average molecular weight is 1780 g/mol. The lowest BCUT2D eigenvalue weighted by atomic mass is 10.2. The second-order valence-corrected chi connectivity index (χ2v) is 33.8. The Kier molecular flexibility index (Phi) is 42.9. The molecule has 0 bridgehead atoms. The van der Waals surface area contributed by atoms with Crippen LogP contribution < -0.4 is 22.9 Å². The number of benzene rings is 1. The number of carbonyl (C=O) groups excluding carboxylic acids is 3. The maximum Gasteiger partial charge on any atom is 0.510 e. The minimum atomic E-state index is -4.16. The molecule has 49 nitrogen and oxygen atoms in total. The molecule has 9 rings (SSSR count). The second kappa shape index (κ2) is 50.3. The highest BCUT2D eigenvalue weighted by molar-refractivity contribution is 7.87. The molecule has 0 fully saturated rings. The van der Waals surface area contributed by atoms with Gasteiger partial charge in [0.2, 0.25) is 13.6 Å². The van der Waals surface area contributed by atoms with Gasteiger partial charge in [-0.3, -0.25) is 36.3 Å². The number of carboxylic acid groups (broad SMARTS) is 1. The zero-order valence-corrected chi connectivity index (χ0v) is 71.6. The fraction of sp³-hybridized carbons (Fsp3) is 0.508. The third-order valence-electron chi connectivity index (χ3n) is 13.9. The number of carboxylic acids is 1. The monoisotopic (exact) mass is 1780 g/mol. The van der Waals surface area contributed by atoms with Gasteiger partial charge in [-0.2, -0.15) is 8.42 Å². The van der Waals surface area contributed by atoms with E-state index in [0.29, 0.717) is 95.2 Å². The Morgan fingerprint density at radius 2 is 0.798 bits per heavy atom. The molecule has 0 aliphatic heterocycles. The Balaban J connectivity index is 0.000000314. The van der Waals surface area contributed by atoms with Gasteiger partial charge in [-0.1, -0.05) is 17.7 Å². The summed E-state index contributed by atoms with van der Waals surface area (Å²) in [5, 5.41) is 17.1. The summed E-state index contributed by atoms with van der Waals surface area (Å²) in [6.45, 7) is 23.2. The van der Waals surface area contributed by atoms with Crippen LogP contribution in [-0.2, 0) is 133 Å². The van der Waals surface area contributed by atoms with Crippen molar-refractivity contribution in [2.24, 2.45) is 0 Å². The number of nitrogens with zero attached hydrogens (tertiary/aromatic N) is 16. The van der Waals surface area contributed by atoms with Crippen molar-refractivity contribution in [3.8, 4) is 0 Å². The lowest BCUT2D eigenvalue weighted by Gasteiger charge is -2.21. The van der Waals surface area contributed by atoms with Crippen molar-refractivity contribution in [3.63, 3.8) is 0 Å². The molecule has 0 spiro atoms. The molecule has 2 unspecified atom stereocenters. The Morgan fingerprint density at radius 3 is 1.10 bits per heavy atom. The molecule has 1 aromatic carbocycles. The third-order valence-corrected chi connectivity index (χ3v) is 20.9. The molecule has 0 radical (unpaired) electrons. The molecule has 119 heavy (non-hydrogen) atoms. The summed E-state index contributed by atoms with van der Waals surface area (Å²) < 4.78 is 154. The van der Waals surface area contributed by atoms with E-state index in [-0.39, 0.29) is 55.2 Å². The van der Waals surface area contributed by atoms with Crippen molar-refractivity contribution in [2.45, 2.75) is 158 Å². The van der Waals surface area contributed by atoms with E-state index in [2.05, 4.69) is 64.5 Å². The van der Waals surface area contributed by atoms with Crippen LogP contribution in [0.2, 0.25) is 0 Å². The summed E-state index contributed by atoms with van der Waals surface area (Å²) in [5.41, 5.74) is 28.1. The number of aliphatic carboxylic acids is 1. The van der Waals surface area contributed by atoms with Crippen LogP contribution in [-0.4, -0.2) is 233 Å². The quantitative estimate of drug-likeness (QED) is 0.00269. The topological polar surface area (TPSA) is 669 Å². The van der Waals surface area contributed by atoms with Crippen molar-refractivity contribution < 1.29 is 135 Å². The van der Waals surface area contributed by atoms with E-state index >= 15 is 0 Å². The SMILES string of the molecule is CC(C)OC(=O)OCOP(=O)(CO[C@H](C)Cn1cnc2c(N)ncnc21)OCOC(=O)OC(C)C.CC(Cn1cnc2c(N)ncnc21)OCP(=O)(O)O.CCOP(=O)(COC(C)Cn1cnc2c(N)ncnc21)OCC.CCOP(=O)(COS(=O)(=O)c1ccc(C)cc1)OCC.C[C@@H](O)Cn1cnc2c(N)ncnc21.O=CO/C=C/C(=O)O. The van der Waals surface area contributed by atoms with Crippen LogP contribution in [0.4, 0.5) is 32.9 Å². The van der Waals surface area contributed by atoms with Gasteiger partial charge in [-0.25, -0.2) is 74.2 Å². The number of aliphatic hydroxyl groups excluding tert-OH is 1. The number of carbonyl (C=O) groups is 4. The van der Waals surface area contributed by atoms with E-state index < -0.39 is 122 Å². The summed E-state index contributed by atoms with van der Waals surface area (Å²) in [7, 11) is -19.0. The van der Waals surface area contributed by atoms with E-state index in [0.717, 1.165) is 11.8 Å². The van der Waals surface area contributed by atoms with Crippen LogP contribution in [0.25, 0.3) is 44.7 Å². The Labute approximate surface area is 682 Å². The number of hydrogen-bond acceptors (Lipinski definition) is 42. The summed E-state index contributed by atoms with van der Waals surface area (Å²) >= 11 is 0. The molecular weight excluding hydrogens is 1680 g/mol. The summed E-state index contributed by atoms with van der Waals surface area (Å²) in [6, 6.07) is 6.16. The summed E-state index contributed by atoms with van der Waals surface area (Å²) in [4.78, 5) is 108. The van der Waals surface area contributed by atoms with Gasteiger partial charge in [0.25, 0.3) is 16.6 Å². The first-order valence-electron chi connectivity index (χ1n) is 35.6. The predicted octanol–water partition coefficient (Wildman–Crippen LogP) is 7.49. The van der Waals surface area contributed by atoms with Crippen molar-refractivity contribution in [2.75, 3.05) is 88.3 Å². The smallest absolute Gasteiger partial charge is 0.478 e. The van der Waals surface area contributed by atoms with Gasteiger partial charge in [0.15, 0.2) is 52.2 Å². The Bertz CT molecular complexity index is 4950. The number of hydrogen-bond donors (Lipinski definition) is 8. The van der Waals surface area contributed by atoms with Crippen molar-refractivity contribution in [3.05, 3.63) is 92.8 Å². The highest BCUT2D eigenvalue weighted by atomic mass is 32.2. The van der Waals surface area contributed by atoms with Crippen LogP contribution in [0.3, 0.4) is 0 Å². The van der Waals surface area contributed by atoms with Crippen LogP contribution in [0.5, 0.6) is 0 Å². The molecule has 9 aromatic rings. The number of anilines is 4. The predicted molar refractivity (Wildman–Crippen MR) is 424 cm³/mol. The van der Waals surface area contributed by atoms with Crippen LogP contribution >= 0.6 is 30.4 Å². The number of nitrogen functional groups attached to an aromatic ring is 4. The third kappa shape index (κ3) is 36.8. The number of ether oxygens (including phenoxy) is 8. The van der Waals surface area contributed by atoms with E-state index in [1.165, 1.54) is 50.1 Å². The fourth-order valence-electron chi connectivity index (χ4n) is 8.99. The Hall–Kier alpha value is -9.81. The van der Waals surface area contributed by atoms with Gasteiger partial charge < -0.3 is 117 Å². The molecule has 4 atom stereocenters. The van der Waals surface area contributed by atoms with E-state index in [1.54, 1.807) is 115 Å². The first-order valence-corrected chi connectivity index (χ1v) is 44.0. The highest BCUT2D eigenvalue weighted by Gasteiger charge is 2.31. The Morgan fingerprint density at radius 1 is 0.479 bits per heavy atom. The summed E-state index contributed by atoms with van der Waals surface area (Å²) in [6.07, 6.45) is 6.81. The number of imidazole rings is 4. The lowest BCUT2D eigenvalue weighted by Crippen LogP contribution is -2.20. The molecule has 12 N–H and O–H groups in total. The van der Waals surface area contributed by atoms with Crippen LogP contribution in [0.15, 0.2) is 92.1 Å². The second-order valence-electron chi connectivity index (χ2n) is 24.7. The molecular formula is C65H100N20O29P4S. The molecule has 0 amide bonds. The van der Waals surface area contributed by atoms with Gasteiger partial charge in [-0.15, -0.1) is 0 Å². The first-order chi connectivity index (χ1) is 56.1. The van der Waals surface area contributed by atoms with Crippen molar-refractivity contribution >= 4 is 133 Å². The minimum absolute atomic E-state index is 0.00245. The molecule has 8 heterocycles. The van der Waals surface area contributed by atoms with Crippen LogP contribution in [0.1, 0.15) is 88.6 Å². The van der Waals surface area contributed by atoms with Gasteiger partial charge in [0.05, 0.1) is 126 Å². The number of aliphatic hydroxyl groups is 1. The fourth-order valence-corrected chi connectivity index (χ4v) is 14.7. The van der Waals surface area contributed by atoms with Gasteiger partial charge >= 0.3 is 48.7 Å². The van der Waals surface area contributed by atoms with Gasteiger partial charge in [0.1, 0.15) is 72.7 Å². The molecule has 0 aliphatic rings. The maximum absolute atomic E-state index is 13.1. The molecule has 0 saturated carbocycles. The van der Waals surface area contributed by atoms with Gasteiger partial charge in [-0.05, 0) is 102 Å². The van der Waals surface area contributed by atoms with Gasteiger partial charge in [0, 0.05) is 0 Å². The van der Waals surface area contributed by atoms with E-state index in [4.69, 9.17) is 102 Å². The standard InChI is InChI=1S/C19H30N5O10P.C13H22N5O4P.C12H19O6PS.C9H14N5O4P.C8H11N5O.C4H4O4/c1-12(2)33-18(25)28-9-31-35(27,32-10-29-19(26)34-13(3)4)11-30-14(5)6-24-8-23-15-16(20)21-7-22-17(15)24;1-4-21-23(19,22-5-2)9-20-10(3)6-18-8-17-11-12(14)15-7-16-13(11)18;1-4-16-19(13,17-5-2)10-18-20(14,15)12-8-6-11(3)7-9-12;1-6(18-5-19(15,16)17)2-14-4-13-7-8(10)11-3-12-9(7)14;1-5(14)2-13-4-12-6-7(9)10-3-11-8(6)13;5-3-8-2-1-4(6)7/h7-8,12-14H,6,9-11H2,1-5H3,(H2,20,21,22);7-8,10H,4-6,9H2,1-3H3,(H2,14,15,16);6-9H,4-5,10H2,1-3H3;3-4,6H,2,5H2,1H3,(H2,10,11,12)(H2,15,16,17);3-5,14H,2H2,1H3,(H2,9,10,11);1-3H,(H,6,7)/b;;;;;2-1+/t14-;;;;5-;/m1...1./s1. The molecule has 8 aromatic heterocycles. The molecule has 54 heteroatoms. The molecule has 0 aliphatic carbocycles. The van der Waals surface area contributed by atoms with Crippen LogP contribution in [0, 0.1) is 6.92 Å². The number of aromatic nitrogens is 16. The lowest BCUT2D eigenvalue weighted by molar-refractivity contribution is -0.131. The number of aryl methyl sites for hydroxylation is 1.